The van der Waals surface area contributed by atoms with Gasteiger partial charge in [-0.15, -0.1) is 0 Å². The molecular formula is C20H24N2O3S. The highest BCUT2D eigenvalue weighted by molar-refractivity contribution is 7.92. The van der Waals surface area contributed by atoms with Crippen LogP contribution in [-0.2, 0) is 10.0 Å². The summed E-state index contributed by atoms with van der Waals surface area (Å²) < 4.78 is 28.0. The van der Waals surface area contributed by atoms with Crippen LogP contribution in [0.25, 0.3) is 0 Å². The number of anilines is 1. The van der Waals surface area contributed by atoms with Crippen molar-refractivity contribution in [3.8, 4) is 0 Å². The summed E-state index contributed by atoms with van der Waals surface area (Å²) in [6, 6.07) is 11.9. The molecule has 0 radical (unpaired) electrons. The van der Waals surface area contributed by atoms with Gasteiger partial charge in [0, 0.05) is 17.3 Å². The fourth-order valence-corrected chi connectivity index (χ4v) is 4.48. The van der Waals surface area contributed by atoms with E-state index in [1.54, 1.807) is 24.3 Å². The minimum atomic E-state index is -3.76. The van der Waals surface area contributed by atoms with Gasteiger partial charge in [-0.05, 0) is 68.1 Å². The number of sulfonamides is 1. The molecule has 2 aromatic rings. The van der Waals surface area contributed by atoms with E-state index < -0.39 is 10.0 Å². The molecule has 0 atom stereocenters. The minimum Gasteiger partial charge on any atom is -0.349 e. The van der Waals surface area contributed by atoms with Crippen LogP contribution in [0.3, 0.4) is 0 Å². The van der Waals surface area contributed by atoms with Gasteiger partial charge in [0.05, 0.1) is 4.90 Å². The summed E-state index contributed by atoms with van der Waals surface area (Å²) in [5, 5.41) is 2.98. The van der Waals surface area contributed by atoms with Gasteiger partial charge >= 0.3 is 0 Å². The molecule has 26 heavy (non-hydrogen) atoms. The van der Waals surface area contributed by atoms with Crippen molar-refractivity contribution in [2.45, 2.75) is 50.5 Å². The molecule has 0 heterocycles. The van der Waals surface area contributed by atoms with E-state index in [0.717, 1.165) is 36.8 Å². The van der Waals surface area contributed by atoms with Crippen molar-refractivity contribution in [2.75, 3.05) is 4.72 Å². The predicted octanol–water partition coefficient (Wildman–Crippen LogP) is 3.78. The van der Waals surface area contributed by atoms with Crippen LogP contribution in [0.1, 0.15) is 47.2 Å². The van der Waals surface area contributed by atoms with E-state index in [2.05, 4.69) is 10.0 Å². The Hall–Kier alpha value is -2.34. The summed E-state index contributed by atoms with van der Waals surface area (Å²) in [5.74, 6) is -0.222. The number of amides is 1. The molecule has 6 heteroatoms. The van der Waals surface area contributed by atoms with Crippen molar-refractivity contribution in [1.29, 1.82) is 0 Å². The molecule has 2 N–H and O–H groups in total. The maximum absolute atomic E-state index is 12.7. The van der Waals surface area contributed by atoms with Gasteiger partial charge in [0.2, 0.25) is 0 Å². The Morgan fingerprint density at radius 1 is 1.00 bits per heavy atom. The Morgan fingerprint density at radius 3 is 2.31 bits per heavy atom. The van der Waals surface area contributed by atoms with Crippen LogP contribution in [0, 0.1) is 13.8 Å². The highest BCUT2D eigenvalue weighted by atomic mass is 32.2. The van der Waals surface area contributed by atoms with Gasteiger partial charge in [-0.3, -0.25) is 9.52 Å². The number of hydrogen-bond donors (Lipinski definition) is 2. The van der Waals surface area contributed by atoms with Crippen LogP contribution in [0.2, 0.25) is 0 Å². The second kappa shape index (κ2) is 7.50. The Labute approximate surface area is 154 Å². The maximum atomic E-state index is 12.7. The van der Waals surface area contributed by atoms with Crippen molar-refractivity contribution >= 4 is 21.6 Å². The summed E-state index contributed by atoms with van der Waals surface area (Å²) in [5.41, 5.74) is 2.84. The van der Waals surface area contributed by atoms with E-state index in [1.165, 1.54) is 12.1 Å². The van der Waals surface area contributed by atoms with Gasteiger partial charge in [0.15, 0.2) is 0 Å². The largest absolute Gasteiger partial charge is 0.349 e. The van der Waals surface area contributed by atoms with Gasteiger partial charge in [0.25, 0.3) is 15.9 Å². The molecule has 3 rings (SSSR count). The topological polar surface area (TPSA) is 75.3 Å². The molecule has 1 saturated carbocycles. The smallest absolute Gasteiger partial charge is 0.261 e. The van der Waals surface area contributed by atoms with Crippen LogP contribution in [-0.4, -0.2) is 20.4 Å². The maximum Gasteiger partial charge on any atom is 0.261 e. The molecule has 1 amide bonds. The highest BCUT2D eigenvalue weighted by Gasteiger charge is 2.20. The molecule has 1 fully saturated rings. The molecule has 1 aliphatic rings. The van der Waals surface area contributed by atoms with Crippen molar-refractivity contribution in [3.63, 3.8) is 0 Å². The molecular weight excluding hydrogens is 348 g/mol. The molecule has 0 aliphatic heterocycles. The van der Waals surface area contributed by atoms with Crippen LogP contribution >= 0.6 is 0 Å². The van der Waals surface area contributed by atoms with Crippen LogP contribution in [0.4, 0.5) is 5.69 Å². The summed E-state index contributed by atoms with van der Waals surface area (Å²) in [4.78, 5) is 12.5. The first kappa shape index (κ1) is 18.5. The molecule has 138 valence electrons. The van der Waals surface area contributed by atoms with Crippen molar-refractivity contribution in [3.05, 3.63) is 59.2 Å². The van der Waals surface area contributed by atoms with Crippen molar-refractivity contribution < 1.29 is 13.2 Å². The third kappa shape index (κ3) is 4.43. The fraction of sp³-hybridized carbons (Fsp3) is 0.350. The summed E-state index contributed by atoms with van der Waals surface area (Å²) in [6.45, 7) is 3.83. The first-order valence-electron chi connectivity index (χ1n) is 8.85. The molecule has 2 aromatic carbocycles. The summed E-state index contributed by atoms with van der Waals surface area (Å²) in [6.07, 6.45) is 4.22. The number of rotatable bonds is 5. The van der Waals surface area contributed by atoms with Crippen LogP contribution < -0.4 is 10.0 Å². The van der Waals surface area contributed by atoms with E-state index in [0.29, 0.717) is 11.3 Å². The average molecular weight is 372 g/mol. The van der Waals surface area contributed by atoms with Gasteiger partial charge < -0.3 is 5.32 Å². The van der Waals surface area contributed by atoms with Crippen LogP contribution in [0.15, 0.2) is 47.4 Å². The number of hydrogen-bond acceptors (Lipinski definition) is 3. The van der Waals surface area contributed by atoms with E-state index in [9.17, 15) is 13.2 Å². The SMILES string of the molecule is Cc1cc(C)cc(NS(=O)(=O)c2cccc(C(=O)NC3CCCC3)c2)c1. The lowest BCUT2D eigenvalue weighted by Gasteiger charge is -2.13. The molecule has 0 spiro atoms. The normalized spacial score (nSPS) is 15.0. The van der Waals surface area contributed by atoms with E-state index in [1.807, 2.05) is 19.9 Å². The summed E-state index contributed by atoms with van der Waals surface area (Å²) in [7, 11) is -3.76. The Balaban J connectivity index is 1.80. The molecule has 0 unspecified atom stereocenters. The van der Waals surface area contributed by atoms with Crippen LogP contribution in [0.5, 0.6) is 0 Å². The molecule has 0 saturated heterocycles. The fourth-order valence-electron chi connectivity index (χ4n) is 3.39. The van der Waals surface area contributed by atoms with Gasteiger partial charge in [-0.2, -0.15) is 0 Å². The molecule has 0 aromatic heterocycles. The zero-order chi connectivity index (χ0) is 18.7. The van der Waals surface area contributed by atoms with E-state index in [-0.39, 0.29) is 16.8 Å². The molecule has 1 aliphatic carbocycles. The quantitative estimate of drug-likeness (QED) is 0.839. The lowest BCUT2D eigenvalue weighted by Crippen LogP contribution is -2.32. The van der Waals surface area contributed by atoms with Crippen molar-refractivity contribution in [1.82, 2.24) is 5.32 Å². The number of nitrogens with one attached hydrogen (secondary N) is 2. The molecule has 0 bridgehead atoms. The predicted molar refractivity (Wildman–Crippen MR) is 103 cm³/mol. The Morgan fingerprint density at radius 2 is 1.65 bits per heavy atom. The number of benzene rings is 2. The van der Waals surface area contributed by atoms with Gasteiger partial charge in [0.1, 0.15) is 0 Å². The Kier molecular flexibility index (Phi) is 5.32. The lowest BCUT2D eigenvalue weighted by molar-refractivity contribution is 0.0937. The van der Waals surface area contributed by atoms with E-state index in [4.69, 9.17) is 0 Å². The van der Waals surface area contributed by atoms with Crippen molar-refractivity contribution in [2.24, 2.45) is 0 Å². The first-order chi connectivity index (χ1) is 12.3. The zero-order valence-corrected chi connectivity index (χ0v) is 15.9. The van der Waals surface area contributed by atoms with Gasteiger partial charge in [-0.1, -0.05) is 25.0 Å². The Bertz CT molecular complexity index is 896. The second-order valence-corrected chi connectivity index (χ2v) is 8.65. The average Bonchev–Trinajstić information content (AvgIpc) is 3.06. The number of carbonyl (C=O) groups is 1. The highest BCUT2D eigenvalue weighted by Crippen LogP contribution is 2.21. The zero-order valence-electron chi connectivity index (χ0n) is 15.1. The monoisotopic (exact) mass is 372 g/mol. The third-order valence-corrected chi connectivity index (χ3v) is 5.95. The molecule has 5 nitrogen and oxygen atoms in total. The van der Waals surface area contributed by atoms with Gasteiger partial charge in [-0.25, -0.2) is 8.42 Å². The van der Waals surface area contributed by atoms with E-state index >= 15 is 0 Å². The lowest BCUT2D eigenvalue weighted by atomic mass is 10.1. The number of aryl methyl sites for hydroxylation is 2. The third-order valence-electron chi connectivity index (χ3n) is 4.57. The minimum absolute atomic E-state index is 0.0794. The second-order valence-electron chi connectivity index (χ2n) is 6.96. The summed E-state index contributed by atoms with van der Waals surface area (Å²) >= 11 is 0. The first-order valence-corrected chi connectivity index (χ1v) is 10.3. The standard InChI is InChI=1S/C20H24N2O3S/c1-14-10-15(2)12-18(11-14)22-26(24,25)19-9-5-6-16(13-19)20(23)21-17-7-3-4-8-17/h5-6,9-13,17,22H,3-4,7-8H2,1-2H3,(H,21,23). The number of carbonyl (C=O) groups excluding carboxylic acids is 1.